The molecule has 0 saturated heterocycles. The van der Waals surface area contributed by atoms with Crippen LogP contribution < -0.4 is 10.1 Å². The number of nitrogens with zero attached hydrogens (tertiary/aromatic N) is 1. The molecular weight excluding hydrogens is 259 g/mol. The van der Waals surface area contributed by atoms with Gasteiger partial charge < -0.3 is 10.1 Å². The van der Waals surface area contributed by atoms with Gasteiger partial charge in [0.25, 0.3) is 0 Å². The van der Waals surface area contributed by atoms with Crippen molar-refractivity contribution in [2.75, 3.05) is 5.32 Å². The van der Waals surface area contributed by atoms with E-state index in [2.05, 4.69) is 5.32 Å². The van der Waals surface area contributed by atoms with Gasteiger partial charge in [-0.3, -0.25) is 4.79 Å². The number of carbonyl (C=O) groups excluding carboxylic acids is 1. The fourth-order valence-corrected chi connectivity index (χ4v) is 1.59. The molecule has 4 nitrogen and oxygen atoms in total. The first kappa shape index (κ1) is 13.6. The Hall–Kier alpha value is -2.87. The highest BCUT2D eigenvalue weighted by molar-refractivity contribution is 5.88. The molecule has 0 aliphatic heterocycles. The average molecular weight is 270 g/mol. The Morgan fingerprint density at radius 3 is 2.50 bits per heavy atom. The Labute approximate surface area is 115 Å². The molecule has 2 aromatic rings. The predicted molar refractivity (Wildman–Crippen MR) is 71.9 cm³/mol. The lowest BCUT2D eigenvalue weighted by molar-refractivity contribution is -0.114. The van der Waals surface area contributed by atoms with Gasteiger partial charge in [-0.25, -0.2) is 4.39 Å². The van der Waals surface area contributed by atoms with Crippen LogP contribution in [0.25, 0.3) is 0 Å². The van der Waals surface area contributed by atoms with Crippen LogP contribution in [0.4, 0.5) is 10.1 Å². The zero-order chi connectivity index (χ0) is 14.5. The van der Waals surface area contributed by atoms with Crippen molar-refractivity contribution >= 4 is 11.6 Å². The summed E-state index contributed by atoms with van der Waals surface area (Å²) in [6.07, 6.45) is 0. The Kier molecular flexibility index (Phi) is 3.96. The molecule has 5 heteroatoms. The molecule has 0 spiro atoms. The molecule has 0 aliphatic rings. The maximum Gasteiger partial charge on any atom is 0.221 e. The topological polar surface area (TPSA) is 62.1 Å². The molecule has 1 N–H and O–H groups in total. The number of anilines is 1. The zero-order valence-electron chi connectivity index (χ0n) is 10.7. The number of nitrogens with one attached hydrogen (secondary N) is 1. The lowest BCUT2D eigenvalue weighted by Crippen LogP contribution is -2.05. The predicted octanol–water partition coefficient (Wildman–Crippen LogP) is 3.45. The minimum absolute atomic E-state index is 0.0382. The normalized spacial score (nSPS) is 9.65. The lowest BCUT2D eigenvalue weighted by atomic mass is 10.2. The second kappa shape index (κ2) is 5.85. The molecule has 2 aromatic carbocycles. The maximum absolute atomic E-state index is 13.6. The number of halogens is 1. The molecule has 0 atom stereocenters. The highest BCUT2D eigenvalue weighted by Crippen LogP contribution is 2.26. The molecule has 0 radical (unpaired) electrons. The van der Waals surface area contributed by atoms with E-state index in [0.717, 1.165) is 6.07 Å². The van der Waals surface area contributed by atoms with Crippen molar-refractivity contribution < 1.29 is 13.9 Å². The number of nitriles is 1. The van der Waals surface area contributed by atoms with Crippen molar-refractivity contribution in [1.29, 1.82) is 5.26 Å². The second-order valence-electron chi connectivity index (χ2n) is 4.06. The minimum atomic E-state index is -0.602. The number of rotatable bonds is 3. The van der Waals surface area contributed by atoms with Gasteiger partial charge in [-0.05, 0) is 42.5 Å². The van der Waals surface area contributed by atoms with E-state index in [4.69, 9.17) is 10.00 Å². The zero-order valence-corrected chi connectivity index (χ0v) is 10.7. The van der Waals surface area contributed by atoms with Crippen LogP contribution in [0.5, 0.6) is 11.5 Å². The summed E-state index contributed by atoms with van der Waals surface area (Å²) in [5.74, 6) is -0.300. The van der Waals surface area contributed by atoms with Crippen molar-refractivity contribution in [2.45, 2.75) is 6.92 Å². The highest BCUT2D eigenvalue weighted by atomic mass is 19.1. The van der Waals surface area contributed by atoms with E-state index in [1.165, 1.54) is 19.1 Å². The first-order valence-corrected chi connectivity index (χ1v) is 5.83. The van der Waals surface area contributed by atoms with Gasteiger partial charge in [-0.1, -0.05) is 0 Å². The third-order valence-electron chi connectivity index (χ3n) is 2.46. The van der Waals surface area contributed by atoms with Gasteiger partial charge in [0.1, 0.15) is 5.75 Å². The van der Waals surface area contributed by atoms with Gasteiger partial charge in [0.15, 0.2) is 11.6 Å². The van der Waals surface area contributed by atoms with Crippen LogP contribution in [0.15, 0.2) is 42.5 Å². The first-order valence-electron chi connectivity index (χ1n) is 5.83. The summed E-state index contributed by atoms with van der Waals surface area (Å²) in [4.78, 5) is 10.9. The molecule has 20 heavy (non-hydrogen) atoms. The third-order valence-corrected chi connectivity index (χ3v) is 2.46. The van der Waals surface area contributed by atoms with Crippen molar-refractivity contribution in [3.05, 3.63) is 53.8 Å². The van der Waals surface area contributed by atoms with E-state index < -0.39 is 5.82 Å². The Bertz CT molecular complexity index is 675. The standard InChI is InChI=1S/C15H11FN2O2/c1-10(19)18-12-3-5-13(6-4-12)20-15-7-2-11(9-17)8-14(15)16/h2-8H,1H3,(H,18,19). The third kappa shape index (κ3) is 3.33. The molecular formula is C15H11FN2O2. The summed E-state index contributed by atoms with van der Waals surface area (Å²) in [6, 6.07) is 12.4. The lowest BCUT2D eigenvalue weighted by Gasteiger charge is -2.08. The molecule has 1 amide bonds. The Balaban J connectivity index is 2.14. The molecule has 0 unspecified atom stereocenters. The minimum Gasteiger partial charge on any atom is -0.454 e. The van der Waals surface area contributed by atoms with Crippen LogP contribution in [-0.4, -0.2) is 5.91 Å². The number of carbonyl (C=O) groups is 1. The van der Waals surface area contributed by atoms with Crippen LogP contribution in [0.2, 0.25) is 0 Å². The van der Waals surface area contributed by atoms with Crippen LogP contribution >= 0.6 is 0 Å². The van der Waals surface area contributed by atoms with Crippen molar-refractivity contribution in [2.24, 2.45) is 0 Å². The van der Waals surface area contributed by atoms with Gasteiger partial charge in [0.05, 0.1) is 11.6 Å². The molecule has 100 valence electrons. The number of hydrogen-bond acceptors (Lipinski definition) is 3. The van der Waals surface area contributed by atoms with Crippen LogP contribution in [0, 0.1) is 17.1 Å². The second-order valence-corrected chi connectivity index (χ2v) is 4.06. The van der Waals surface area contributed by atoms with Crippen LogP contribution in [-0.2, 0) is 4.79 Å². The van der Waals surface area contributed by atoms with Crippen molar-refractivity contribution in [3.8, 4) is 17.6 Å². The van der Waals surface area contributed by atoms with E-state index in [0.29, 0.717) is 11.4 Å². The summed E-state index contributed by atoms with van der Waals surface area (Å²) >= 11 is 0. The summed E-state index contributed by atoms with van der Waals surface area (Å²) in [7, 11) is 0. The summed E-state index contributed by atoms with van der Waals surface area (Å²) in [5.41, 5.74) is 0.862. The van der Waals surface area contributed by atoms with E-state index >= 15 is 0 Å². The number of benzene rings is 2. The molecule has 0 fully saturated rings. The van der Waals surface area contributed by atoms with Gasteiger partial charge in [0.2, 0.25) is 5.91 Å². The fraction of sp³-hybridized carbons (Fsp3) is 0.0667. The Morgan fingerprint density at radius 1 is 1.25 bits per heavy atom. The van der Waals surface area contributed by atoms with E-state index in [-0.39, 0.29) is 17.2 Å². The van der Waals surface area contributed by atoms with Gasteiger partial charge in [-0.15, -0.1) is 0 Å². The molecule has 0 aliphatic carbocycles. The fourth-order valence-electron chi connectivity index (χ4n) is 1.59. The summed E-state index contributed by atoms with van der Waals surface area (Å²) in [6.45, 7) is 1.41. The number of ether oxygens (including phenoxy) is 1. The van der Waals surface area contributed by atoms with Crippen molar-refractivity contribution in [1.82, 2.24) is 0 Å². The largest absolute Gasteiger partial charge is 0.454 e. The van der Waals surface area contributed by atoms with Gasteiger partial charge in [0, 0.05) is 12.6 Å². The quantitative estimate of drug-likeness (QED) is 0.929. The van der Waals surface area contributed by atoms with Crippen LogP contribution in [0.1, 0.15) is 12.5 Å². The molecule has 0 heterocycles. The molecule has 2 rings (SSSR count). The smallest absolute Gasteiger partial charge is 0.221 e. The van der Waals surface area contributed by atoms with Crippen LogP contribution in [0.3, 0.4) is 0 Å². The summed E-state index contributed by atoms with van der Waals surface area (Å²) in [5, 5.41) is 11.3. The average Bonchev–Trinajstić information content (AvgIpc) is 2.42. The Morgan fingerprint density at radius 2 is 1.95 bits per heavy atom. The van der Waals surface area contributed by atoms with Crippen molar-refractivity contribution in [3.63, 3.8) is 0 Å². The SMILES string of the molecule is CC(=O)Nc1ccc(Oc2ccc(C#N)cc2F)cc1. The monoisotopic (exact) mass is 270 g/mol. The molecule has 0 saturated carbocycles. The van der Waals surface area contributed by atoms with Gasteiger partial charge in [-0.2, -0.15) is 5.26 Å². The molecule has 0 bridgehead atoms. The summed E-state index contributed by atoms with van der Waals surface area (Å²) < 4.78 is 19.0. The first-order chi connectivity index (χ1) is 9.58. The highest BCUT2D eigenvalue weighted by Gasteiger charge is 2.06. The number of amides is 1. The van der Waals surface area contributed by atoms with E-state index in [1.54, 1.807) is 24.3 Å². The maximum atomic E-state index is 13.6. The van der Waals surface area contributed by atoms with E-state index in [1.807, 2.05) is 6.07 Å². The van der Waals surface area contributed by atoms with E-state index in [9.17, 15) is 9.18 Å². The van der Waals surface area contributed by atoms with Gasteiger partial charge >= 0.3 is 0 Å². The molecule has 0 aromatic heterocycles. The number of hydrogen-bond donors (Lipinski definition) is 1.